The number of hydrogen-bond donors (Lipinski definition) is 2. The van der Waals surface area contributed by atoms with Gasteiger partial charge in [0, 0.05) is 11.6 Å². The molecule has 1 aliphatic carbocycles. The average molecular weight is 299 g/mol. The molecule has 2 N–H and O–H groups in total. The molecule has 0 bridgehead atoms. The third-order valence-electron chi connectivity index (χ3n) is 3.49. The first-order valence-electron chi connectivity index (χ1n) is 6.95. The van der Waals surface area contributed by atoms with Crippen LogP contribution >= 0.6 is 0 Å². The first-order chi connectivity index (χ1) is 9.56. The van der Waals surface area contributed by atoms with Gasteiger partial charge < -0.3 is 9.84 Å². The SMILES string of the molecule is CCOc1ccc(S(=O)(=O)NC2CCCC2)cc1CO. The highest BCUT2D eigenvalue weighted by atomic mass is 32.2. The van der Waals surface area contributed by atoms with Crippen LogP contribution in [0, 0.1) is 0 Å². The van der Waals surface area contributed by atoms with Crippen molar-refractivity contribution in [1.82, 2.24) is 4.72 Å². The van der Waals surface area contributed by atoms with E-state index in [0.29, 0.717) is 17.9 Å². The van der Waals surface area contributed by atoms with Crippen LogP contribution in [0.1, 0.15) is 38.2 Å². The number of ether oxygens (including phenoxy) is 1. The molecule has 20 heavy (non-hydrogen) atoms. The molecule has 1 aliphatic rings. The van der Waals surface area contributed by atoms with Crippen molar-refractivity contribution < 1.29 is 18.3 Å². The molecule has 1 saturated carbocycles. The molecule has 0 saturated heterocycles. The molecule has 5 nitrogen and oxygen atoms in total. The van der Waals surface area contributed by atoms with E-state index in [9.17, 15) is 13.5 Å². The molecular formula is C14H21NO4S. The van der Waals surface area contributed by atoms with Crippen LogP contribution in [0.25, 0.3) is 0 Å². The lowest BCUT2D eigenvalue weighted by atomic mass is 10.2. The molecule has 0 aliphatic heterocycles. The Hall–Kier alpha value is -1.11. The monoisotopic (exact) mass is 299 g/mol. The Labute approximate surface area is 120 Å². The molecule has 1 aromatic carbocycles. The number of aliphatic hydroxyl groups is 1. The molecule has 1 aromatic rings. The standard InChI is InChI=1S/C14H21NO4S/c1-2-19-14-8-7-13(9-11(14)10-16)20(17,18)15-12-5-3-4-6-12/h7-9,12,15-16H,2-6,10H2,1H3. The summed E-state index contributed by atoms with van der Waals surface area (Å²) in [4.78, 5) is 0.178. The van der Waals surface area contributed by atoms with E-state index in [1.807, 2.05) is 6.92 Å². The van der Waals surface area contributed by atoms with Gasteiger partial charge in [0.05, 0.1) is 18.1 Å². The minimum Gasteiger partial charge on any atom is -0.494 e. The van der Waals surface area contributed by atoms with Gasteiger partial charge in [-0.3, -0.25) is 0 Å². The van der Waals surface area contributed by atoms with Gasteiger partial charge >= 0.3 is 0 Å². The van der Waals surface area contributed by atoms with Crippen LogP contribution in [0.2, 0.25) is 0 Å². The zero-order valence-electron chi connectivity index (χ0n) is 11.6. The van der Waals surface area contributed by atoms with Crippen molar-refractivity contribution in [2.75, 3.05) is 6.61 Å². The molecule has 0 amide bonds. The molecule has 112 valence electrons. The fraction of sp³-hybridized carbons (Fsp3) is 0.571. The van der Waals surface area contributed by atoms with Crippen LogP contribution in [-0.4, -0.2) is 26.2 Å². The van der Waals surface area contributed by atoms with E-state index >= 15 is 0 Å². The van der Waals surface area contributed by atoms with Gasteiger partial charge in [0.15, 0.2) is 0 Å². The first-order valence-corrected chi connectivity index (χ1v) is 8.44. The second-order valence-electron chi connectivity index (χ2n) is 4.96. The van der Waals surface area contributed by atoms with Crippen molar-refractivity contribution in [3.8, 4) is 5.75 Å². The Balaban J connectivity index is 2.22. The highest BCUT2D eigenvalue weighted by molar-refractivity contribution is 7.89. The van der Waals surface area contributed by atoms with Crippen molar-refractivity contribution >= 4 is 10.0 Å². The van der Waals surface area contributed by atoms with Crippen LogP contribution < -0.4 is 9.46 Å². The molecule has 6 heteroatoms. The van der Waals surface area contributed by atoms with E-state index in [1.54, 1.807) is 6.07 Å². The maximum absolute atomic E-state index is 12.3. The third kappa shape index (κ3) is 3.50. The molecule has 0 heterocycles. The van der Waals surface area contributed by atoms with Crippen LogP contribution in [0.4, 0.5) is 0 Å². The van der Waals surface area contributed by atoms with E-state index in [0.717, 1.165) is 25.7 Å². The highest BCUT2D eigenvalue weighted by Gasteiger charge is 2.23. The predicted molar refractivity (Wildman–Crippen MR) is 76.1 cm³/mol. The lowest BCUT2D eigenvalue weighted by Gasteiger charge is -2.14. The molecule has 0 atom stereocenters. The number of nitrogens with one attached hydrogen (secondary N) is 1. The van der Waals surface area contributed by atoms with E-state index in [4.69, 9.17) is 4.74 Å². The number of aliphatic hydroxyl groups excluding tert-OH is 1. The quantitative estimate of drug-likeness (QED) is 0.840. The van der Waals surface area contributed by atoms with Gasteiger partial charge in [-0.2, -0.15) is 0 Å². The van der Waals surface area contributed by atoms with Gasteiger partial charge in [-0.25, -0.2) is 13.1 Å². The largest absolute Gasteiger partial charge is 0.494 e. The second kappa shape index (κ2) is 6.56. The number of benzene rings is 1. The van der Waals surface area contributed by atoms with Crippen LogP contribution in [-0.2, 0) is 16.6 Å². The van der Waals surface area contributed by atoms with Crippen molar-refractivity contribution in [1.29, 1.82) is 0 Å². The molecule has 0 spiro atoms. The van der Waals surface area contributed by atoms with Gasteiger partial charge in [-0.1, -0.05) is 12.8 Å². The first kappa shape index (κ1) is 15.3. The number of hydrogen-bond acceptors (Lipinski definition) is 4. The van der Waals surface area contributed by atoms with Gasteiger partial charge in [-0.15, -0.1) is 0 Å². The Bertz CT molecular complexity index is 550. The summed E-state index contributed by atoms with van der Waals surface area (Å²) < 4.78 is 32.7. The summed E-state index contributed by atoms with van der Waals surface area (Å²) in [5, 5.41) is 9.32. The Morgan fingerprint density at radius 3 is 2.65 bits per heavy atom. The summed E-state index contributed by atoms with van der Waals surface area (Å²) in [6, 6.07) is 4.62. The van der Waals surface area contributed by atoms with E-state index in [2.05, 4.69) is 4.72 Å². The van der Waals surface area contributed by atoms with Gasteiger partial charge in [0.1, 0.15) is 5.75 Å². The predicted octanol–water partition coefficient (Wildman–Crippen LogP) is 1.80. The topological polar surface area (TPSA) is 75.6 Å². The highest BCUT2D eigenvalue weighted by Crippen LogP contribution is 2.25. The zero-order valence-corrected chi connectivity index (χ0v) is 12.4. The average Bonchev–Trinajstić information content (AvgIpc) is 2.91. The van der Waals surface area contributed by atoms with E-state index in [1.165, 1.54) is 12.1 Å². The minimum absolute atomic E-state index is 0.0316. The summed E-state index contributed by atoms with van der Waals surface area (Å²) in [7, 11) is -3.52. The number of rotatable bonds is 6. The summed E-state index contributed by atoms with van der Waals surface area (Å²) in [5.41, 5.74) is 0.487. The van der Waals surface area contributed by atoms with Crippen LogP contribution in [0.15, 0.2) is 23.1 Å². The molecular weight excluding hydrogens is 278 g/mol. The molecule has 0 radical (unpaired) electrons. The molecule has 0 aromatic heterocycles. The smallest absolute Gasteiger partial charge is 0.240 e. The summed E-state index contributed by atoms with van der Waals surface area (Å²) in [6.07, 6.45) is 3.92. The van der Waals surface area contributed by atoms with Crippen molar-refractivity contribution in [2.45, 2.75) is 50.2 Å². The van der Waals surface area contributed by atoms with Gasteiger partial charge in [-0.05, 0) is 38.0 Å². The lowest BCUT2D eigenvalue weighted by Crippen LogP contribution is -2.32. The molecule has 1 fully saturated rings. The summed E-state index contributed by atoms with van der Waals surface area (Å²) in [6.45, 7) is 2.06. The van der Waals surface area contributed by atoms with Gasteiger partial charge in [0.2, 0.25) is 10.0 Å². The Kier molecular flexibility index (Phi) is 5.01. The Morgan fingerprint density at radius 2 is 2.05 bits per heavy atom. The fourth-order valence-corrected chi connectivity index (χ4v) is 3.83. The summed E-state index contributed by atoms with van der Waals surface area (Å²) in [5.74, 6) is 0.523. The van der Waals surface area contributed by atoms with Crippen molar-refractivity contribution in [2.24, 2.45) is 0 Å². The zero-order chi connectivity index (χ0) is 14.6. The van der Waals surface area contributed by atoms with Crippen LogP contribution in [0.5, 0.6) is 5.75 Å². The third-order valence-corrected chi connectivity index (χ3v) is 5.01. The lowest BCUT2D eigenvalue weighted by molar-refractivity contribution is 0.266. The maximum Gasteiger partial charge on any atom is 0.240 e. The maximum atomic E-state index is 12.3. The van der Waals surface area contributed by atoms with E-state index < -0.39 is 10.0 Å². The normalized spacial score (nSPS) is 16.5. The van der Waals surface area contributed by atoms with Crippen LogP contribution in [0.3, 0.4) is 0 Å². The number of sulfonamides is 1. The van der Waals surface area contributed by atoms with Crippen molar-refractivity contribution in [3.05, 3.63) is 23.8 Å². The molecule has 2 rings (SSSR count). The Morgan fingerprint density at radius 1 is 1.35 bits per heavy atom. The second-order valence-corrected chi connectivity index (χ2v) is 6.68. The van der Waals surface area contributed by atoms with Crippen molar-refractivity contribution in [3.63, 3.8) is 0 Å². The van der Waals surface area contributed by atoms with E-state index in [-0.39, 0.29) is 17.5 Å². The minimum atomic E-state index is -3.52. The fourth-order valence-electron chi connectivity index (χ4n) is 2.47. The molecule has 0 unspecified atom stereocenters. The van der Waals surface area contributed by atoms with Gasteiger partial charge in [0.25, 0.3) is 0 Å². The summed E-state index contributed by atoms with van der Waals surface area (Å²) >= 11 is 0.